The number of nitrogens with zero attached hydrogens (tertiary/aromatic N) is 2. The van der Waals surface area contributed by atoms with Crippen molar-refractivity contribution in [1.82, 2.24) is 10.1 Å². The lowest BCUT2D eigenvalue weighted by molar-refractivity contribution is 0.309. The van der Waals surface area contributed by atoms with Crippen molar-refractivity contribution >= 4 is 0 Å². The van der Waals surface area contributed by atoms with Crippen LogP contribution < -0.4 is 0 Å². The van der Waals surface area contributed by atoms with Crippen molar-refractivity contribution in [2.75, 3.05) is 13.6 Å². The third-order valence-corrected chi connectivity index (χ3v) is 1.71. The van der Waals surface area contributed by atoms with Gasteiger partial charge in [-0.15, -0.1) is 0 Å². The summed E-state index contributed by atoms with van der Waals surface area (Å²) in [5.41, 5.74) is 1.02. The molecule has 0 aliphatic carbocycles. The summed E-state index contributed by atoms with van der Waals surface area (Å²) in [6.45, 7) is 6.07. The monoisotopic (exact) mass is 168 g/mol. The smallest absolute Gasteiger partial charge is 0.133 e. The van der Waals surface area contributed by atoms with Gasteiger partial charge in [0.15, 0.2) is 0 Å². The molecule has 0 aliphatic rings. The normalized spacial score (nSPS) is 11.0. The largest absolute Gasteiger partial charge is 0.361 e. The summed E-state index contributed by atoms with van der Waals surface area (Å²) in [5.74, 6) is 0.884. The van der Waals surface area contributed by atoms with Crippen LogP contribution in [0.4, 0.5) is 0 Å². The summed E-state index contributed by atoms with van der Waals surface area (Å²) in [6.07, 6.45) is 1.17. The van der Waals surface area contributed by atoms with Crippen LogP contribution in [0, 0.1) is 6.92 Å². The Balaban J connectivity index is 2.41. The summed E-state index contributed by atoms with van der Waals surface area (Å²) >= 11 is 0. The summed E-state index contributed by atoms with van der Waals surface area (Å²) in [4.78, 5) is 2.23. The van der Waals surface area contributed by atoms with Crippen molar-refractivity contribution in [2.24, 2.45) is 0 Å². The molecule has 0 bridgehead atoms. The molecule has 1 aromatic heterocycles. The van der Waals surface area contributed by atoms with Crippen LogP contribution in [-0.4, -0.2) is 23.6 Å². The first-order valence-electron chi connectivity index (χ1n) is 4.33. The molecule has 3 heteroatoms. The number of hydrogen-bond acceptors (Lipinski definition) is 3. The van der Waals surface area contributed by atoms with Gasteiger partial charge in [0.1, 0.15) is 5.76 Å². The summed E-state index contributed by atoms with van der Waals surface area (Å²) in [6, 6.07) is 1.98. The lowest BCUT2D eigenvalue weighted by Gasteiger charge is -2.12. The van der Waals surface area contributed by atoms with Crippen LogP contribution in [-0.2, 0) is 6.54 Å². The fourth-order valence-corrected chi connectivity index (χ4v) is 1.23. The second-order valence-corrected chi connectivity index (χ2v) is 3.17. The van der Waals surface area contributed by atoms with Crippen LogP contribution in [0.1, 0.15) is 24.8 Å². The predicted molar refractivity (Wildman–Crippen MR) is 47.9 cm³/mol. The molecule has 0 saturated carbocycles. The van der Waals surface area contributed by atoms with E-state index in [4.69, 9.17) is 4.52 Å². The van der Waals surface area contributed by atoms with E-state index in [1.54, 1.807) is 0 Å². The maximum atomic E-state index is 4.97. The SMILES string of the molecule is CCCN(C)Cc1cc(C)on1. The highest BCUT2D eigenvalue weighted by atomic mass is 16.5. The van der Waals surface area contributed by atoms with Crippen molar-refractivity contribution < 1.29 is 4.52 Å². The van der Waals surface area contributed by atoms with Crippen LogP contribution in [0.5, 0.6) is 0 Å². The van der Waals surface area contributed by atoms with Gasteiger partial charge in [0.25, 0.3) is 0 Å². The molecule has 1 heterocycles. The Kier molecular flexibility index (Phi) is 3.29. The van der Waals surface area contributed by atoms with Crippen LogP contribution in [0.2, 0.25) is 0 Å². The van der Waals surface area contributed by atoms with Crippen molar-refractivity contribution in [3.63, 3.8) is 0 Å². The fourth-order valence-electron chi connectivity index (χ4n) is 1.23. The van der Waals surface area contributed by atoms with E-state index in [2.05, 4.69) is 24.0 Å². The van der Waals surface area contributed by atoms with Gasteiger partial charge in [0.05, 0.1) is 5.69 Å². The Bertz CT molecular complexity index is 232. The Hall–Kier alpha value is -0.830. The lowest BCUT2D eigenvalue weighted by Crippen LogP contribution is -2.18. The van der Waals surface area contributed by atoms with Crippen LogP contribution >= 0.6 is 0 Å². The first-order valence-corrected chi connectivity index (χ1v) is 4.33. The van der Waals surface area contributed by atoms with Gasteiger partial charge in [-0.25, -0.2) is 0 Å². The van der Waals surface area contributed by atoms with E-state index in [-0.39, 0.29) is 0 Å². The van der Waals surface area contributed by atoms with Crippen molar-refractivity contribution in [3.8, 4) is 0 Å². The molecule has 1 rings (SSSR count). The minimum Gasteiger partial charge on any atom is -0.361 e. The molecule has 0 saturated heterocycles. The minimum atomic E-state index is 0.880. The molecule has 3 nitrogen and oxygen atoms in total. The van der Waals surface area contributed by atoms with E-state index in [1.165, 1.54) is 6.42 Å². The average Bonchev–Trinajstić information content (AvgIpc) is 2.36. The Morgan fingerprint density at radius 3 is 2.83 bits per heavy atom. The van der Waals surface area contributed by atoms with Gasteiger partial charge in [-0.1, -0.05) is 12.1 Å². The molecule has 1 aromatic rings. The number of aryl methyl sites for hydroxylation is 1. The van der Waals surface area contributed by atoms with Crippen molar-refractivity contribution in [1.29, 1.82) is 0 Å². The molecule has 0 spiro atoms. The maximum absolute atomic E-state index is 4.97. The molecule has 0 aliphatic heterocycles. The molecule has 0 fully saturated rings. The Morgan fingerprint density at radius 1 is 1.58 bits per heavy atom. The quantitative estimate of drug-likeness (QED) is 0.686. The van der Waals surface area contributed by atoms with E-state index in [0.29, 0.717) is 0 Å². The zero-order valence-corrected chi connectivity index (χ0v) is 8.00. The second-order valence-electron chi connectivity index (χ2n) is 3.17. The molecule has 0 atom stereocenters. The molecular formula is C9H16N2O. The topological polar surface area (TPSA) is 29.3 Å². The zero-order valence-electron chi connectivity index (χ0n) is 8.00. The number of hydrogen-bond donors (Lipinski definition) is 0. The maximum Gasteiger partial charge on any atom is 0.133 e. The fraction of sp³-hybridized carbons (Fsp3) is 0.667. The van der Waals surface area contributed by atoms with Gasteiger partial charge in [0, 0.05) is 12.6 Å². The van der Waals surface area contributed by atoms with Gasteiger partial charge in [-0.05, 0) is 26.9 Å². The molecule has 0 unspecified atom stereocenters. The highest BCUT2D eigenvalue weighted by Gasteiger charge is 2.02. The Labute approximate surface area is 73.3 Å². The molecule has 0 aromatic carbocycles. The summed E-state index contributed by atoms with van der Waals surface area (Å²) < 4.78 is 4.97. The number of rotatable bonds is 4. The second kappa shape index (κ2) is 4.26. The molecule has 0 N–H and O–H groups in total. The molecule has 12 heavy (non-hydrogen) atoms. The highest BCUT2D eigenvalue weighted by Crippen LogP contribution is 2.04. The van der Waals surface area contributed by atoms with E-state index < -0.39 is 0 Å². The van der Waals surface area contributed by atoms with E-state index in [1.807, 2.05) is 13.0 Å². The van der Waals surface area contributed by atoms with Crippen molar-refractivity contribution in [3.05, 3.63) is 17.5 Å². The van der Waals surface area contributed by atoms with Crippen LogP contribution in [0.25, 0.3) is 0 Å². The predicted octanol–water partition coefficient (Wildman–Crippen LogP) is 1.82. The average molecular weight is 168 g/mol. The Morgan fingerprint density at radius 2 is 2.33 bits per heavy atom. The van der Waals surface area contributed by atoms with E-state index >= 15 is 0 Å². The third-order valence-electron chi connectivity index (χ3n) is 1.71. The van der Waals surface area contributed by atoms with Gasteiger partial charge >= 0.3 is 0 Å². The molecule has 68 valence electrons. The lowest BCUT2D eigenvalue weighted by atomic mass is 10.3. The summed E-state index contributed by atoms with van der Waals surface area (Å²) in [5, 5.41) is 3.92. The first-order chi connectivity index (χ1) is 5.72. The molecule has 0 radical (unpaired) electrons. The van der Waals surface area contributed by atoms with Crippen LogP contribution in [0.3, 0.4) is 0 Å². The zero-order chi connectivity index (χ0) is 8.97. The van der Waals surface area contributed by atoms with Gasteiger partial charge in [-0.3, -0.25) is 0 Å². The molecule has 0 amide bonds. The highest BCUT2D eigenvalue weighted by molar-refractivity contribution is 5.02. The molecular weight excluding hydrogens is 152 g/mol. The van der Waals surface area contributed by atoms with Gasteiger partial charge in [0.2, 0.25) is 0 Å². The summed E-state index contributed by atoms with van der Waals surface area (Å²) in [7, 11) is 2.09. The van der Waals surface area contributed by atoms with E-state index in [0.717, 1.165) is 24.5 Å². The van der Waals surface area contributed by atoms with Gasteiger partial charge < -0.3 is 9.42 Å². The third kappa shape index (κ3) is 2.66. The van der Waals surface area contributed by atoms with Crippen LogP contribution in [0.15, 0.2) is 10.6 Å². The standard InChI is InChI=1S/C9H16N2O/c1-4-5-11(3)7-9-6-8(2)12-10-9/h6H,4-5,7H2,1-3H3. The minimum absolute atomic E-state index is 0.880. The first kappa shape index (κ1) is 9.26. The van der Waals surface area contributed by atoms with Gasteiger partial charge in [-0.2, -0.15) is 0 Å². The van der Waals surface area contributed by atoms with Crippen molar-refractivity contribution in [2.45, 2.75) is 26.8 Å². The number of aromatic nitrogens is 1. The van der Waals surface area contributed by atoms with E-state index in [9.17, 15) is 0 Å².